The highest BCUT2D eigenvalue weighted by atomic mass is 35.5. The summed E-state index contributed by atoms with van der Waals surface area (Å²) in [5.41, 5.74) is 1.25. The van der Waals surface area contributed by atoms with E-state index in [1.165, 1.54) is 0 Å². The lowest BCUT2D eigenvalue weighted by Gasteiger charge is -2.38. The van der Waals surface area contributed by atoms with Crippen LogP contribution in [0.2, 0.25) is 5.28 Å². The molecule has 9 nitrogen and oxygen atoms in total. The second-order valence-corrected chi connectivity index (χ2v) is 6.04. The molecular formula is C12H15BClN7O2. The summed E-state index contributed by atoms with van der Waals surface area (Å²) in [6.45, 7) is 3.99. The third kappa shape index (κ3) is 2.51. The van der Waals surface area contributed by atoms with E-state index in [2.05, 4.69) is 25.2 Å². The summed E-state index contributed by atoms with van der Waals surface area (Å²) in [4.78, 5) is 23.8. The molecule has 2 aromatic rings. The number of morpholine rings is 1. The molecule has 0 saturated carbocycles. The third-order valence-electron chi connectivity index (χ3n) is 4.24. The van der Waals surface area contributed by atoms with Gasteiger partial charge >= 0.3 is 0 Å². The first-order chi connectivity index (χ1) is 11.1. The zero-order chi connectivity index (χ0) is 16.0. The Kier molecular flexibility index (Phi) is 3.57. The van der Waals surface area contributed by atoms with E-state index in [0.29, 0.717) is 43.3 Å². The minimum atomic E-state index is 0.0623. The number of hydrogen-bond acceptors (Lipinski definition) is 7. The van der Waals surface area contributed by atoms with Crippen molar-refractivity contribution in [2.75, 3.05) is 44.3 Å². The van der Waals surface area contributed by atoms with Crippen molar-refractivity contribution < 1.29 is 9.53 Å². The number of amides is 1. The van der Waals surface area contributed by atoms with Gasteiger partial charge in [0.2, 0.25) is 13.1 Å². The predicted molar refractivity (Wildman–Crippen MR) is 85.7 cm³/mol. The van der Waals surface area contributed by atoms with Crippen LogP contribution in [0.3, 0.4) is 0 Å². The van der Waals surface area contributed by atoms with E-state index in [1.807, 2.05) is 0 Å². The highest BCUT2D eigenvalue weighted by Crippen LogP contribution is 2.28. The van der Waals surface area contributed by atoms with Crippen molar-refractivity contribution in [3.05, 3.63) is 5.28 Å². The van der Waals surface area contributed by atoms with Crippen LogP contribution in [-0.2, 0) is 4.74 Å². The molecule has 2 fully saturated rings. The van der Waals surface area contributed by atoms with Gasteiger partial charge in [0, 0.05) is 26.2 Å². The van der Waals surface area contributed by atoms with Gasteiger partial charge in [-0.15, -0.1) is 5.10 Å². The Morgan fingerprint density at radius 1 is 1.26 bits per heavy atom. The smallest absolute Gasteiger partial charge is 0.226 e. The lowest BCUT2D eigenvalue weighted by atomic mass is 10.0. The molecule has 0 aliphatic carbocycles. The van der Waals surface area contributed by atoms with Crippen LogP contribution < -0.4 is 4.90 Å². The maximum Gasteiger partial charge on any atom is 0.226 e. The Bertz CT molecular complexity index is 757. The summed E-state index contributed by atoms with van der Waals surface area (Å²) >= 11 is 6.10. The molecule has 4 rings (SSSR count). The highest BCUT2D eigenvalue weighted by Gasteiger charge is 2.33. The topological polar surface area (TPSA) is 89.3 Å². The minimum absolute atomic E-state index is 0.0623. The molecule has 0 spiro atoms. The molecule has 0 radical (unpaired) electrons. The molecule has 0 atom stereocenters. The van der Waals surface area contributed by atoms with Gasteiger partial charge in [0.05, 0.1) is 19.3 Å². The average Bonchev–Trinajstić information content (AvgIpc) is 2.89. The zero-order valence-electron chi connectivity index (χ0n) is 12.6. The second-order valence-electron chi connectivity index (χ2n) is 5.70. The maximum absolute atomic E-state index is 11.3. The van der Waals surface area contributed by atoms with Gasteiger partial charge in [0.15, 0.2) is 22.8 Å². The maximum atomic E-state index is 11.3. The fraction of sp³-hybridized carbons (Fsp3) is 0.583. The Labute approximate surface area is 138 Å². The molecule has 23 heavy (non-hydrogen) atoms. The van der Waals surface area contributed by atoms with Crippen molar-refractivity contribution in [1.82, 2.24) is 29.9 Å². The second kappa shape index (κ2) is 5.61. The summed E-state index contributed by atoms with van der Waals surface area (Å²) in [6.07, 6.45) is 0. The number of fused-ring (bicyclic) bond motifs is 1. The molecule has 2 saturated heterocycles. The Hall–Kier alpha value is -1.94. The zero-order valence-corrected chi connectivity index (χ0v) is 13.4. The Morgan fingerprint density at radius 3 is 2.70 bits per heavy atom. The van der Waals surface area contributed by atoms with Gasteiger partial charge in [-0.2, -0.15) is 9.97 Å². The number of ether oxygens (including phenoxy) is 1. The SMILES string of the molecule is BC(=O)N1CC(n2nnc3c(N4CCOCC4)nc(Cl)nc32)C1. The van der Waals surface area contributed by atoms with E-state index in [1.54, 1.807) is 17.4 Å². The number of carbonyl (C=O) groups excluding carboxylic acids is 1. The van der Waals surface area contributed by atoms with Crippen LogP contribution in [-0.4, -0.2) is 82.9 Å². The molecule has 2 aliphatic heterocycles. The molecule has 0 bridgehead atoms. The van der Waals surface area contributed by atoms with Gasteiger partial charge in [-0.25, -0.2) is 4.68 Å². The van der Waals surface area contributed by atoms with Crippen molar-refractivity contribution in [1.29, 1.82) is 0 Å². The largest absolute Gasteiger partial charge is 0.378 e. The Balaban J connectivity index is 1.69. The van der Waals surface area contributed by atoms with Crippen molar-refractivity contribution in [2.24, 2.45) is 0 Å². The number of rotatable bonds is 2. The van der Waals surface area contributed by atoms with Gasteiger partial charge < -0.3 is 14.5 Å². The Morgan fingerprint density at radius 2 is 2.00 bits per heavy atom. The molecule has 0 aromatic carbocycles. The number of likely N-dealkylation sites (tertiary alicyclic amines) is 1. The van der Waals surface area contributed by atoms with Crippen molar-refractivity contribution in [3.8, 4) is 0 Å². The van der Waals surface area contributed by atoms with Gasteiger partial charge in [0.25, 0.3) is 0 Å². The number of hydrogen-bond donors (Lipinski definition) is 0. The molecule has 2 aromatic heterocycles. The molecule has 4 heterocycles. The van der Waals surface area contributed by atoms with E-state index >= 15 is 0 Å². The molecule has 0 unspecified atom stereocenters. The fourth-order valence-electron chi connectivity index (χ4n) is 2.90. The molecule has 11 heteroatoms. The molecule has 120 valence electrons. The first-order valence-electron chi connectivity index (χ1n) is 7.50. The number of anilines is 1. The van der Waals surface area contributed by atoms with Crippen molar-refractivity contribution in [3.63, 3.8) is 0 Å². The van der Waals surface area contributed by atoms with Crippen LogP contribution in [0.5, 0.6) is 0 Å². The lowest BCUT2D eigenvalue weighted by Crippen LogP contribution is -2.50. The van der Waals surface area contributed by atoms with E-state index in [0.717, 1.165) is 13.1 Å². The first-order valence-corrected chi connectivity index (χ1v) is 7.88. The van der Waals surface area contributed by atoms with Crippen LogP contribution in [0.4, 0.5) is 10.6 Å². The first kappa shape index (κ1) is 14.6. The lowest BCUT2D eigenvalue weighted by molar-refractivity contribution is 0.122. The van der Waals surface area contributed by atoms with E-state index in [9.17, 15) is 4.79 Å². The van der Waals surface area contributed by atoms with Crippen molar-refractivity contribution >= 4 is 42.2 Å². The van der Waals surface area contributed by atoms with Gasteiger partial charge in [-0.1, -0.05) is 5.21 Å². The van der Waals surface area contributed by atoms with E-state index in [-0.39, 0.29) is 17.1 Å². The summed E-state index contributed by atoms with van der Waals surface area (Å²) in [7, 11) is 1.56. The minimum Gasteiger partial charge on any atom is -0.378 e. The number of halogens is 1. The quantitative estimate of drug-likeness (QED) is 0.530. The van der Waals surface area contributed by atoms with Gasteiger partial charge in [-0.05, 0) is 11.6 Å². The summed E-state index contributed by atoms with van der Waals surface area (Å²) in [6, 6.07) is 0.0763. The van der Waals surface area contributed by atoms with Crippen LogP contribution in [0.15, 0.2) is 0 Å². The molecule has 1 amide bonds. The van der Waals surface area contributed by atoms with Crippen LogP contribution in [0.1, 0.15) is 6.04 Å². The summed E-state index contributed by atoms with van der Waals surface area (Å²) in [5, 5.41) is 8.64. The third-order valence-corrected chi connectivity index (χ3v) is 4.41. The standard InChI is InChI=1S/C12H15BClN7O2/c13-11(22)20-5-7(6-20)21-10-8(17-18-21)9(15-12(14)16-10)19-1-3-23-4-2-19/h7H,1-6,13H2. The van der Waals surface area contributed by atoms with Crippen LogP contribution in [0.25, 0.3) is 11.2 Å². The van der Waals surface area contributed by atoms with Gasteiger partial charge in [0.1, 0.15) is 0 Å². The van der Waals surface area contributed by atoms with E-state index < -0.39 is 0 Å². The molecule has 2 aliphatic rings. The van der Waals surface area contributed by atoms with Crippen LogP contribution in [0, 0.1) is 0 Å². The van der Waals surface area contributed by atoms with Crippen LogP contribution >= 0.6 is 11.6 Å². The number of carbonyl (C=O) groups is 1. The number of aromatic nitrogens is 5. The molecule has 0 N–H and O–H groups in total. The average molecular weight is 336 g/mol. The number of nitrogens with zero attached hydrogens (tertiary/aromatic N) is 7. The van der Waals surface area contributed by atoms with Gasteiger partial charge in [-0.3, -0.25) is 4.79 Å². The normalized spacial score (nSPS) is 19.2. The fourth-order valence-corrected chi connectivity index (χ4v) is 3.06. The monoisotopic (exact) mass is 335 g/mol. The summed E-state index contributed by atoms with van der Waals surface area (Å²) in [5.74, 6) is 0.754. The van der Waals surface area contributed by atoms with Crippen molar-refractivity contribution in [2.45, 2.75) is 6.04 Å². The van der Waals surface area contributed by atoms with E-state index in [4.69, 9.17) is 16.3 Å². The molecular weight excluding hydrogens is 320 g/mol. The predicted octanol–water partition coefficient (Wildman–Crippen LogP) is -0.679. The summed E-state index contributed by atoms with van der Waals surface area (Å²) < 4.78 is 7.11. The highest BCUT2D eigenvalue weighted by molar-refractivity contribution is 6.57.